The van der Waals surface area contributed by atoms with Crippen LogP contribution in [0.25, 0.3) is 11.0 Å². The first-order chi connectivity index (χ1) is 12.6. The molecule has 0 aromatic carbocycles. The summed E-state index contributed by atoms with van der Waals surface area (Å²) in [5, 5.41) is 0. The van der Waals surface area contributed by atoms with Crippen LogP contribution >= 0.6 is 0 Å². The van der Waals surface area contributed by atoms with E-state index in [4.69, 9.17) is 0 Å². The summed E-state index contributed by atoms with van der Waals surface area (Å²) in [6.45, 7) is 14.6. The van der Waals surface area contributed by atoms with E-state index in [0.29, 0.717) is 5.92 Å². The van der Waals surface area contributed by atoms with Crippen molar-refractivity contribution in [3.8, 4) is 0 Å². The van der Waals surface area contributed by atoms with Gasteiger partial charge in [-0.2, -0.15) is 0 Å². The molecular formula is C23H37N3. The highest BCUT2D eigenvalue weighted by Gasteiger charge is 2.03. The summed E-state index contributed by atoms with van der Waals surface area (Å²) in [5.41, 5.74) is 4.91. The Labute approximate surface area is 160 Å². The van der Waals surface area contributed by atoms with E-state index >= 15 is 0 Å². The van der Waals surface area contributed by atoms with Crippen LogP contribution in [0.3, 0.4) is 0 Å². The fraction of sp³-hybridized carbons (Fsp3) is 0.478. The highest BCUT2D eigenvalue weighted by atomic mass is 14.9. The minimum atomic E-state index is 0.699. The van der Waals surface area contributed by atoms with Gasteiger partial charge >= 0.3 is 0 Å². The SMILES string of the molecule is CC.CC.CCc1cccnc1CC(C)C.Cn1ccc2ncccc21. The molecule has 0 unspecified atom stereocenters. The molecule has 144 valence electrons. The smallest absolute Gasteiger partial charge is 0.0880 e. The minimum Gasteiger partial charge on any atom is -0.349 e. The Balaban J connectivity index is 0.000000407. The maximum Gasteiger partial charge on any atom is 0.0880 e. The maximum absolute atomic E-state index is 4.39. The zero-order valence-electron chi connectivity index (χ0n) is 18.0. The van der Waals surface area contributed by atoms with Crippen molar-refractivity contribution in [3.63, 3.8) is 0 Å². The van der Waals surface area contributed by atoms with E-state index in [0.717, 1.165) is 18.4 Å². The largest absolute Gasteiger partial charge is 0.349 e. The third kappa shape index (κ3) is 7.81. The fourth-order valence-electron chi connectivity index (χ4n) is 2.46. The Morgan fingerprint density at radius 1 is 0.923 bits per heavy atom. The molecule has 3 heteroatoms. The van der Waals surface area contributed by atoms with Gasteiger partial charge in [0.1, 0.15) is 0 Å². The van der Waals surface area contributed by atoms with Crippen molar-refractivity contribution in [2.75, 3.05) is 0 Å². The highest BCUT2D eigenvalue weighted by Crippen LogP contribution is 2.11. The highest BCUT2D eigenvalue weighted by molar-refractivity contribution is 5.74. The van der Waals surface area contributed by atoms with Gasteiger partial charge < -0.3 is 4.57 Å². The molecule has 0 fully saturated rings. The van der Waals surface area contributed by atoms with Crippen LogP contribution in [0.5, 0.6) is 0 Å². The topological polar surface area (TPSA) is 30.7 Å². The van der Waals surface area contributed by atoms with E-state index in [1.54, 1.807) is 0 Å². The van der Waals surface area contributed by atoms with Crippen LogP contribution in [0.2, 0.25) is 0 Å². The summed E-state index contributed by atoms with van der Waals surface area (Å²) >= 11 is 0. The van der Waals surface area contributed by atoms with Gasteiger partial charge in [-0.05, 0) is 48.6 Å². The van der Waals surface area contributed by atoms with Crippen LogP contribution < -0.4 is 0 Å². The van der Waals surface area contributed by atoms with E-state index < -0.39 is 0 Å². The van der Waals surface area contributed by atoms with E-state index in [2.05, 4.69) is 47.4 Å². The lowest BCUT2D eigenvalue weighted by Crippen LogP contribution is -2.01. The van der Waals surface area contributed by atoms with Gasteiger partial charge in [-0.3, -0.25) is 9.97 Å². The number of hydrogen-bond acceptors (Lipinski definition) is 2. The quantitative estimate of drug-likeness (QED) is 0.539. The average Bonchev–Trinajstić information content (AvgIpc) is 3.07. The summed E-state index contributed by atoms with van der Waals surface area (Å²) in [5.74, 6) is 0.699. The molecule has 0 N–H and O–H groups in total. The van der Waals surface area contributed by atoms with Crippen LogP contribution in [-0.4, -0.2) is 14.5 Å². The van der Waals surface area contributed by atoms with Crippen molar-refractivity contribution in [1.82, 2.24) is 14.5 Å². The molecule has 0 aliphatic heterocycles. The Morgan fingerprint density at radius 2 is 1.54 bits per heavy atom. The first-order valence-corrected chi connectivity index (χ1v) is 9.90. The standard InChI is InChI=1S/C11H17N.C8H8N2.2C2H6/c1-4-10-6-5-7-12-11(10)8-9(2)3;1-10-6-4-7-8(10)3-2-5-9-7;2*1-2/h5-7,9H,4,8H2,1-3H3;2-6H,1H3;2*1-2H3. The predicted octanol–water partition coefficient (Wildman–Crippen LogP) is 6.47. The fourth-order valence-corrected chi connectivity index (χ4v) is 2.46. The van der Waals surface area contributed by atoms with Gasteiger partial charge in [-0.1, -0.05) is 54.5 Å². The van der Waals surface area contributed by atoms with Gasteiger partial charge in [-0.25, -0.2) is 0 Å². The Morgan fingerprint density at radius 3 is 2.12 bits per heavy atom. The van der Waals surface area contributed by atoms with Crippen molar-refractivity contribution >= 4 is 11.0 Å². The molecule has 3 heterocycles. The second-order valence-corrected chi connectivity index (χ2v) is 5.90. The lowest BCUT2D eigenvalue weighted by atomic mass is 10.0. The Hall–Kier alpha value is -2.16. The molecule has 3 nitrogen and oxygen atoms in total. The second-order valence-electron chi connectivity index (χ2n) is 5.90. The number of nitrogens with zero attached hydrogens (tertiary/aromatic N) is 3. The summed E-state index contributed by atoms with van der Waals surface area (Å²) in [7, 11) is 2.02. The third-order valence-electron chi connectivity index (χ3n) is 3.62. The second kappa shape index (κ2) is 14.1. The molecule has 0 bridgehead atoms. The summed E-state index contributed by atoms with van der Waals surface area (Å²) in [4.78, 5) is 8.57. The van der Waals surface area contributed by atoms with E-state index in [1.165, 1.54) is 16.8 Å². The van der Waals surface area contributed by atoms with Crippen LogP contribution in [-0.2, 0) is 19.9 Å². The summed E-state index contributed by atoms with van der Waals surface area (Å²) in [6.07, 6.45) is 7.90. The molecule has 3 aromatic heterocycles. The van der Waals surface area contributed by atoms with Crippen LogP contribution in [0.1, 0.15) is 59.7 Å². The monoisotopic (exact) mass is 355 g/mol. The predicted molar refractivity (Wildman–Crippen MR) is 116 cm³/mol. The lowest BCUT2D eigenvalue weighted by Gasteiger charge is -2.07. The summed E-state index contributed by atoms with van der Waals surface area (Å²) in [6, 6.07) is 10.2. The van der Waals surface area contributed by atoms with Gasteiger partial charge in [-0.15, -0.1) is 0 Å². The molecule has 0 atom stereocenters. The van der Waals surface area contributed by atoms with Crippen LogP contribution in [0.4, 0.5) is 0 Å². The molecule has 3 rings (SSSR count). The zero-order valence-corrected chi connectivity index (χ0v) is 18.0. The number of rotatable bonds is 3. The molecule has 0 amide bonds. The molecule has 0 saturated heterocycles. The molecule has 0 spiro atoms. The van der Waals surface area contributed by atoms with Crippen molar-refractivity contribution in [1.29, 1.82) is 0 Å². The number of fused-ring (bicyclic) bond motifs is 1. The molecule has 0 aliphatic carbocycles. The first kappa shape index (κ1) is 23.8. The van der Waals surface area contributed by atoms with Gasteiger partial charge in [0.05, 0.1) is 11.0 Å². The van der Waals surface area contributed by atoms with E-state index in [1.807, 2.05) is 71.5 Å². The lowest BCUT2D eigenvalue weighted by molar-refractivity contribution is 0.630. The molecule has 0 saturated carbocycles. The summed E-state index contributed by atoms with van der Waals surface area (Å²) < 4.78 is 2.06. The zero-order chi connectivity index (χ0) is 19.9. The van der Waals surface area contributed by atoms with Crippen LogP contribution in [0.15, 0.2) is 48.9 Å². The molecular weight excluding hydrogens is 318 g/mol. The number of pyridine rings is 2. The maximum atomic E-state index is 4.39. The van der Waals surface area contributed by atoms with Gasteiger partial charge in [0.2, 0.25) is 0 Å². The normalized spacial score (nSPS) is 9.42. The minimum absolute atomic E-state index is 0.699. The van der Waals surface area contributed by atoms with Crippen molar-refractivity contribution < 1.29 is 0 Å². The molecule has 3 aromatic rings. The number of hydrogen-bond donors (Lipinski definition) is 0. The van der Waals surface area contributed by atoms with E-state index in [-0.39, 0.29) is 0 Å². The van der Waals surface area contributed by atoms with Crippen LogP contribution in [0, 0.1) is 5.92 Å². The van der Waals surface area contributed by atoms with E-state index in [9.17, 15) is 0 Å². The van der Waals surface area contributed by atoms with Gasteiger partial charge in [0, 0.05) is 31.3 Å². The molecule has 0 aliphatic rings. The van der Waals surface area contributed by atoms with Crippen molar-refractivity contribution in [2.45, 2.75) is 61.3 Å². The van der Waals surface area contributed by atoms with Gasteiger partial charge in [0.25, 0.3) is 0 Å². The van der Waals surface area contributed by atoms with Gasteiger partial charge in [0.15, 0.2) is 0 Å². The third-order valence-corrected chi connectivity index (χ3v) is 3.62. The Bertz CT molecular complexity index is 714. The van der Waals surface area contributed by atoms with Crippen molar-refractivity contribution in [2.24, 2.45) is 13.0 Å². The molecule has 0 radical (unpaired) electrons. The molecule has 26 heavy (non-hydrogen) atoms. The average molecular weight is 356 g/mol. The number of aryl methyl sites for hydroxylation is 2. The first-order valence-electron chi connectivity index (χ1n) is 9.90. The van der Waals surface area contributed by atoms with Crippen molar-refractivity contribution in [3.05, 3.63) is 60.2 Å². The Kier molecular flexibility index (Phi) is 12.9. The number of aromatic nitrogens is 3.